The van der Waals surface area contributed by atoms with Crippen LogP contribution in [0.4, 0.5) is 0 Å². The summed E-state index contributed by atoms with van der Waals surface area (Å²) < 4.78 is 23.0. The van der Waals surface area contributed by atoms with E-state index >= 15 is 0 Å². The third-order valence-electron chi connectivity index (χ3n) is 5.87. The molecule has 1 aliphatic heterocycles. The number of nitrogens with zero attached hydrogens (tertiary/aromatic N) is 3. The number of benzene rings is 1. The molecule has 1 aromatic heterocycles. The van der Waals surface area contributed by atoms with E-state index in [1.165, 1.54) is 0 Å². The van der Waals surface area contributed by atoms with Gasteiger partial charge in [-0.3, -0.25) is 9.59 Å². The van der Waals surface area contributed by atoms with Crippen LogP contribution in [-0.2, 0) is 30.3 Å². The molecule has 1 aliphatic rings. The van der Waals surface area contributed by atoms with E-state index in [0.29, 0.717) is 37.3 Å². The molecule has 0 bridgehead atoms. The molecule has 0 aliphatic carbocycles. The lowest BCUT2D eigenvalue weighted by atomic mass is 10.0. The highest BCUT2D eigenvalue weighted by atomic mass is 16.7. The quantitative estimate of drug-likeness (QED) is 0.110. The second-order valence-corrected chi connectivity index (χ2v) is 8.66. The number of aliphatic hydroxyl groups excluding tert-OH is 4. The van der Waals surface area contributed by atoms with Crippen molar-refractivity contribution < 1.29 is 49.0 Å². The molecule has 4 atom stereocenters. The summed E-state index contributed by atoms with van der Waals surface area (Å²) in [6, 6.07) is 6.90. The van der Waals surface area contributed by atoms with Gasteiger partial charge in [0, 0.05) is 31.1 Å². The molecule has 2 heterocycles. The van der Waals surface area contributed by atoms with Crippen molar-refractivity contribution in [3.05, 3.63) is 48.0 Å². The van der Waals surface area contributed by atoms with E-state index in [2.05, 4.69) is 20.9 Å². The minimum Gasteiger partial charge on any atom is -0.512 e. The van der Waals surface area contributed by atoms with Crippen LogP contribution in [0.1, 0.15) is 16.8 Å². The Kier molecular flexibility index (Phi) is 12.3. The number of nitrogens with one attached hydrogen (secondary N) is 2. The van der Waals surface area contributed by atoms with Crippen molar-refractivity contribution in [3.8, 4) is 11.3 Å². The first kappa shape index (κ1) is 30.9. The van der Waals surface area contributed by atoms with Crippen LogP contribution in [0.2, 0.25) is 0 Å². The van der Waals surface area contributed by atoms with E-state index < -0.39 is 24.6 Å². The number of carbonyl (C=O) groups is 2. The zero-order valence-electron chi connectivity index (χ0n) is 22.0. The van der Waals surface area contributed by atoms with Gasteiger partial charge in [-0.05, 0) is 12.1 Å². The Labute approximate surface area is 230 Å². The molecule has 0 saturated carbocycles. The van der Waals surface area contributed by atoms with Crippen molar-refractivity contribution in [2.45, 2.75) is 37.6 Å². The Morgan fingerprint density at radius 2 is 1.75 bits per heavy atom. The lowest BCUT2D eigenvalue weighted by Gasteiger charge is -2.36. The second kappa shape index (κ2) is 15.9. The van der Waals surface area contributed by atoms with Gasteiger partial charge < -0.3 is 50.0 Å². The normalized spacial score (nSPS) is 21.6. The highest BCUT2D eigenvalue weighted by Crippen LogP contribution is 2.24. The molecule has 2 aromatic rings. The average Bonchev–Trinajstić information content (AvgIpc) is 3.45. The lowest BCUT2D eigenvalue weighted by Crippen LogP contribution is -2.52. The summed E-state index contributed by atoms with van der Waals surface area (Å²) in [5.74, 6) is -0.709. The molecule has 3 rings (SSSR count). The number of carbonyl (C=O) groups excluding carboxylic acids is 2. The summed E-state index contributed by atoms with van der Waals surface area (Å²) in [6.45, 7) is 1.89. The molecule has 2 amide bonds. The van der Waals surface area contributed by atoms with Crippen molar-refractivity contribution in [1.29, 1.82) is 0 Å². The van der Waals surface area contributed by atoms with Crippen LogP contribution in [0.3, 0.4) is 0 Å². The number of aliphatic hydroxyl groups is 4. The zero-order valence-corrected chi connectivity index (χ0v) is 22.0. The molecular weight excluding hydrogens is 530 g/mol. The highest BCUT2D eigenvalue weighted by molar-refractivity contribution is 5.94. The first-order valence-electron chi connectivity index (χ1n) is 12.7. The first-order valence-corrected chi connectivity index (χ1v) is 12.7. The number of rotatable bonds is 15. The van der Waals surface area contributed by atoms with E-state index in [1.807, 2.05) is 0 Å². The molecule has 1 unspecified atom stereocenters. The maximum absolute atomic E-state index is 12.2. The minimum absolute atomic E-state index is 0.0360. The highest BCUT2D eigenvalue weighted by Gasteiger charge is 2.42. The third kappa shape index (κ3) is 8.97. The number of hydrogen-bond donors (Lipinski definition) is 6. The summed E-state index contributed by atoms with van der Waals surface area (Å²) in [5, 5.41) is 51.7. The van der Waals surface area contributed by atoms with E-state index in [1.54, 1.807) is 42.2 Å². The Hall–Kier alpha value is -3.60. The molecule has 1 fully saturated rings. The molecule has 0 radical (unpaired) electrons. The molecule has 1 saturated heterocycles. The number of hydrogen-bond acceptors (Lipinski definition) is 12. The molecule has 6 N–H and O–H groups in total. The van der Waals surface area contributed by atoms with E-state index in [-0.39, 0.29) is 50.4 Å². The molecule has 15 nitrogen and oxygen atoms in total. The number of ether oxygens (including phenoxy) is 4. The summed E-state index contributed by atoms with van der Waals surface area (Å²) in [5.41, 5.74) is 1.91. The van der Waals surface area contributed by atoms with Gasteiger partial charge in [0.2, 0.25) is 12.2 Å². The van der Waals surface area contributed by atoms with Gasteiger partial charge in [-0.2, -0.15) is 0 Å². The zero-order chi connectivity index (χ0) is 28.9. The van der Waals surface area contributed by atoms with Gasteiger partial charge in [0.15, 0.2) is 5.76 Å². The van der Waals surface area contributed by atoms with Crippen molar-refractivity contribution in [2.75, 3.05) is 46.6 Å². The summed E-state index contributed by atoms with van der Waals surface area (Å²) in [7, 11) is 1.54. The average molecular weight is 566 g/mol. The number of aromatic nitrogens is 3. The smallest absolute Gasteiger partial charge is 0.251 e. The number of amides is 2. The maximum atomic E-state index is 12.2. The first-order chi connectivity index (χ1) is 19.3. The largest absolute Gasteiger partial charge is 0.512 e. The second-order valence-electron chi connectivity index (χ2n) is 8.66. The van der Waals surface area contributed by atoms with Crippen LogP contribution in [0.5, 0.6) is 0 Å². The van der Waals surface area contributed by atoms with Crippen molar-refractivity contribution in [1.82, 2.24) is 25.6 Å². The van der Waals surface area contributed by atoms with E-state index in [0.717, 1.165) is 5.56 Å². The van der Waals surface area contributed by atoms with Crippen LogP contribution >= 0.6 is 0 Å². The SMILES string of the molecule is CNC(=O)CCNC(=O)c1ccc(-c2cn(CCOCCOCCOC3O/C(=C/O)[C@@H](O)[C@H](O)[C@@H]3O)nn2)cc1. The van der Waals surface area contributed by atoms with Crippen molar-refractivity contribution in [2.24, 2.45) is 0 Å². The molecule has 220 valence electrons. The Bertz CT molecular complexity index is 1110. The van der Waals surface area contributed by atoms with E-state index in [4.69, 9.17) is 24.1 Å². The Balaban J connectivity index is 1.27. The summed E-state index contributed by atoms with van der Waals surface area (Å²) in [4.78, 5) is 23.4. The Morgan fingerprint density at radius 3 is 2.45 bits per heavy atom. The topological polar surface area (TPSA) is 207 Å². The van der Waals surface area contributed by atoms with Crippen LogP contribution in [0.15, 0.2) is 42.5 Å². The molecule has 1 aromatic carbocycles. The van der Waals surface area contributed by atoms with Crippen molar-refractivity contribution in [3.63, 3.8) is 0 Å². The van der Waals surface area contributed by atoms with Crippen LogP contribution in [-0.4, -0.2) is 118 Å². The Morgan fingerprint density at radius 1 is 1.05 bits per heavy atom. The van der Waals surface area contributed by atoms with Gasteiger partial charge in [-0.15, -0.1) is 5.10 Å². The lowest BCUT2D eigenvalue weighted by molar-refractivity contribution is -0.248. The van der Waals surface area contributed by atoms with Gasteiger partial charge in [0.25, 0.3) is 5.91 Å². The van der Waals surface area contributed by atoms with Crippen LogP contribution in [0, 0.1) is 0 Å². The molecule has 15 heteroatoms. The van der Waals surface area contributed by atoms with Gasteiger partial charge in [-0.25, -0.2) is 4.68 Å². The summed E-state index contributed by atoms with van der Waals surface area (Å²) >= 11 is 0. The molecular formula is C25H35N5O10. The van der Waals surface area contributed by atoms with Gasteiger partial charge in [0.1, 0.15) is 30.3 Å². The van der Waals surface area contributed by atoms with Gasteiger partial charge in [0.05, 0.1) is 45.8 Å². The molecule has 0 spiro atoms. The monoisotopic (exact) mass is 565 g/mol. The van der Waals surface area contributed by atoms with Gasteiger partial charge >= 0.3 is 0 Å². The maximum Gasteiger partial charge on any atom is 0.251 e. The van der Waals surface area contributed by atoms with Crippen LogP contribution in [0.25, 0.3) is 11.3 Å². The predicted molar refractivity (Wildman–Crippen MR) is 138 cm³/mol. The van der Waals surface area contributed by atoms with Gasteiger partial charge in [-0.1, -0.05) is 17.3 Å². The standard InChI is InChI=1S/C25H35N5O10/c1-26-20(32)6-7-27-24(36)17-4-2-16(3-5-17)18-14-30(29-28-18)8-9-37-10-11-38-12-13-39-25-23(35)22(34)21(33)19(15-31)40-25/h2-5,14-15,21-23,25,31,33-35H,6-13H2,1H3,(H,26,32)(H,27,36)/b19-15+/t21-,22+,23+,25?/m1/s1. The fourth-order valence-electron chi connectivity index (χ4n) is 3.58. The minimum atomic E-state index is -1.56. The summed E-state index contributed by atoms with van der Waals surface area (Å²) in [6.07, 6.45) is -3.36. The van der Waals surface area contributed by atoms with E-state index in [9.17, 15) is 24.9 Å². The predicted octanol–water partition coefficient (Wildman–Crippen LogP) is -1.30. The van der Waals surface area contributed by atoms with Crippen molar-refractivity contribution >= 4 is 11.8 Å². The fourth-order valence-corrected chi connectivity index (χ4v) is 3.58. The van der Waals surface area contributed by atoms with Crippen LogP contribution < -0.4 is 10.6 Å². The third-order valence-corrected chi connectivity index (χ3v) is 5.87. The fraction of sp³-hybridized carbons (Fsp3) is 0.520. The molecule has 40 heavy (non-hydrogen) atoms.